The summed E-state index contributed by atoms with van der Waals surface area (Å²) in [7, 11) is 0. The van der Waals surface area contributed by atoms with Crippen molar-refractivity contribution in [1.29, 1.82) is 0 Å². The SMILES string of the molecule is O=C(C(=O)C1CC1)C1CCCCC1. The molecule has 0 N–H and O–H groups in total. The molecule has 2 nitrogen and oxygen atoms in total. The molecule has 0 amide bonds. The molecule has 0 unspecified atom stereocenters. The molecule has 2 fully saturated rings. The second kappa shape index (κ2) is 3.60. The molecular formula is C11H16O2. The minimum atomic E-state index is -0.0631. The maximum atomic E-state index is 11.6. The molecule has 0 aromatic heterocycles. The summed E-state index contributed by atoms with van der Waals surface area (Å²) in [5, 5.41) is 0. The zero-order valence-corrected chi connectivity index (χ0v) is 7.92. The van der Waals surface area contributed by atoms with E-state index >= 15 is 0 Å². The van der Waals surface area contributed by atoms with E-state index in [-0.39, 0.29) is 23.4 Å². The highest BCUT2D eigenvalue weighted by Crippen LogP contribution is 2.33. The number of Topliss-reactive ketones (excluding diaryl/α,β-unsaturated/α-hetero) is 2. The first-order valence-corrected chi connectivity index (χ1v) is 5.37. The van der Waals surface area contributed by atoms with Gasteiger partial charge in [-0.1, -0.05) is 19.3 Å². The standard InChI is InChI=1S/C11H16O2/c12-10(11(13)9-6-7-9)8-4-2-1-3-5-8/h8-9H,1-7H2. The van der Waals surface area contributed by atoms with Crippen LogP contribution < -0.4 is 0 Å². The lowest BCUT2D eigenvalue weighted by atomic mass is 9.84. The Morgan fingerprint density at radius 3 is 1.62 bits per heavy atom. The Bertz CT molecular complexity index is 222. The van der Waals surface area contributed by atoms with E-state index in [1.807, 2.05) is 0 Å². The number of rotatable bonds is 3. The average Bonchev–Trinajstić information content (AvgIpc) is 3.00. The van der Waals surface area contributed by atoms with E-state index in [9.17, 15) is 9.59 Å². The third-order valence-electron chi connectivity index (χ3n) is 3.17. The Kier molecular flexibility index (Phi) is 2.47. The first kappa shape index (κ1) is 8.92. The summed E-state index contributed by atoms with van der Waals surface area (Å²) in [6.45, 7) is 0. The van der Waals surface area contributed by atoms with Crippen LogP contribution >= 0.6 is 0 Å². The van der Waals surface area contributed by atoms with Gasteiger partial charge in [-0.3, -0.25) is 9.59 Å². The van der Waals surface area contributed by atoms with Crippen molar-refractivity contribution < 1.29 is 9.59 Å². The highest BCUT2D eigenvalue weighted by Gasteiger charge is 2.37. The fourth-order valence-electron chi connectivity index (χ4n) is 2.11. The zero-order chi connectivity index (χ0) is 9.26. The Morgan fingerprint density at radius 1 is 0.692 bits per heavy atom. The van der Waals surface area contributed by atoms with Crippen molar-refractivity contribution in [1.82, 2.24) is 0 Å². The van der Waals surface area contributed by atoms with E-state index in [0.29, 0.717) is 0 Å². The van der Waals surface area contributed by atoms with Crippen molar-refractivity contribution in [2.24, 2.45) is 11.8 Å². The van der Waals surface area contributed by atoms with Crippen molar-refractivity contribution in [2.75, 3.05) is 0 Å². The lowest BCUT2D eigenvalue weighted by Crippen LogP contribution is -2.26. The van der Waals surface area contributed by atoms with Gasteiger partial charge in [0.05, 0.1) is 0 Å². The van der Waals surface area contributed by atoms with Gasteiger partial charge in [-0.05, 0) is 25.7 Å². The van der Waals surface area contributed by atoms with Crippen LogP contribution in [0.25, 0.3) is 0 Å². The van der Waals surface area contributed by atoms with Crippen LogP contribution in [-0.4, -0.2) is 11.6 Å². The smallest absolute Gasteiger partial charge is 0.201 e. The van der Waals surface area contributed by atoms with Crippen LogP contribution in [0.15, 0.2) is 0 Å². The second-order valence-corrected chi connectivity index (χ2v) is 4.34. The van der Waals surface area contributed by atoms with Gasteiger partial charge in [-0.25, -0.2) is 0 Å². The Balaban J connectivity index is 1.90. The minimum Gasteiger partial charge on any atom is -0.291 e. The van der Waals surface area contributed by atoms with Gasteiger partial charge in [0.2, 0.25) is 11.6 Å². The number of ketones is 2. The lowest BCUT2D eigenvalue weighted by molar-refractivity contribution is -0.140. The molecule has 0 bridgehead atoms. The third kappa shape index (κ3) is 1.98. The maximum Gasteiger partial charge on any atom is 0.201 e. The van der Waals surface area contributed by atoms with Crippen molar-refractivity contribution in [3.05, 3.63) is 0 Å². The number of hydrogen-bond donors (Lipinski definition) is 0. The quantitative estimate of drug-likeness (QED) is 0.623. The predicted octanol–water partition coefficient (Wildman–Crippen LogP) is 2.11. The number of carbonyl (C=O) groups is 2. The van der Waals surface area contributed by atoms with Gasteiger partial charge in [0.25, 0.3) is 0 Å². The molecule has 0 aromatic rings. The van der Waals surface area contributed by atoms with E-state index in [0.717, 1.165) is 38.5 Å². The summed E-state index contributed by atoms with van der Waals surface area (Å²) < 4.78 is 0. The average molecular weight is 180 g/mol. The molecule has 0 aliphatic heterocycles. The fraction of sp³-hybridized carbons (Fsp3) is 0.818. The summed E-state index contributed by atoms with van der Waals surface area (Å²) in [4.78, 5) is 23.1. The molecule has 0 radical (unpaired) electrons. The van der Waals surface area contributed by atoms with Gasteiger partial charge in [-0.15, -0.1) is 0 Å². The van der Waals surface area contributed by atoms with E-state index in [1.54, 1.807) is 0 Å². The molecule has 0 aromatic carbocycles. The number of carbonyl (C=O) groups excluding carboxylic acids is 2. The van der Waals surface area contributed by atoms with Crippen LogP contribution in [0.5, 0.6) is 0 Å². The Labute approximate surface area is 78.7 Å². The summed E-state index contributed by atoms with van der Waals surface area (Å²) in [5.41, 5.74) is 0. The minimum absolute atomic E-state index is 0.0535. The van der Waals surface area contributed by atoms with Crippen LogP contribution in [0.2, 0.25) is 0 Å². The van der Waals surface area contributed by atoms with E-state index in [1.165, 1.54) is 6.42 Å². The summed E-state index contributed by atoms with van der Waals surface area (Å²) in [5.74, 6) is 0.0883. The van der Waals surface area contributed by atoms with E-state index < -0.39 is 0 Å². The van der Waals surface area contributed by atoms with Crippen molar-refractivity contribution >= 4 is 11.6 Å². The topological polar surface area (TPSA) is 34.1 Å². The molecule has 0 saturated heterocycles. The van der Waals surface area contributed by atoms with Crippen LogP contribution in [0.3, 0.4) is 0 Å². The monoisotopic (exact) mass is 180 g/mol. The molecule has 72 valence electrons. The van der Waals surface area contributed by atoms with Crippen LogP contribution in [0, 0.1) is 11.8 Å². The van der Waals surface area contributed by atoms with E-state index in [2.05, 4.69) is 0 Å². The molecular weight excluding hydrogens is 164 g/mol. The van der Waals surface area contributed by atoms with Crippen molar-refractivity contribution in [3.8, 4) is 0 Å². The fourth-order valence-corrected chi connectivity index (χ4v) is 2.11. The molecule has 2 saturated carbocycles. The summed E-state index contributed by atoms with van der Waals surface area (Å²) in [6.07, 6.45) is 7.33. The van der Waals surface area contributed by atoms with Gasteiger partial charge in [0.1, 0.15) is 0 Å². The summed E-state index contributed by atoms with van der Waals surface area (Å²) >= 11 is 0. The number of hydrogen-bond acceptors (Lipinski definition) is 2. The second-order valence-electron chi connectivity index (χ2n) is 4.34. The maximum absolute atomic E-state index is 11.6. The Morgan fingerprint density at radius 2 is 1.15 bits per heavy atom. The molecule has 0 heterocycles. The Hall–Kier alpha value is -0.660. The highest BCUT2D eigenvalue weighted by atomic mass is 16.2. The van der Waals surface area contributed by atoms with Gasteiger partial charge in [0.15, 0.2) is 0 Å². The molecule has 2 rings (SSSR count). The molecule has 2 aliphatic rings. The normalized spacial score (nSPS) is 24.3. The zero-order valence-electron chi connectivity index (χ0n) is 7.92. The first-order chi connectivity index (χ1) is 6.29. The summed E-state index contributed by atoms with van der Waals surface area (Å²) in [6, 6.07) is 0. The molecule has 0 atom stereocenters. The molecule has 2 aliphatic carbocycles. The molecule has 13 heavy (non-hydrogen) atoms. The van der Waals surface area contributed by atoms with Gasteiger partial charge in [0, 0.05) is 11.8 Å². The van der Waals surface area contributed by atoms with Crippen LogP contribution in [-0.2, 0) is 9.59 Å². The van der Waals surface area contributed by atoms with Crippen LogP contribution in [0.1, 0.15) is 44.9 Å². The van der Waals surface area contributed by atoms with Crippen LogP contribution in [0.4, 0.5) is 0 Å². The van der Waals surface area contributed by atoms with Gasteiger partial charge in [-0.2, -0.15) is 0 Å². The highest BCUT2D eigenvalue weighted by molar-refractivity contribution is 6.39. The van der Waals surface area contributed by atoms with Crippen molar-refractivity contribution in [3.63, 3.8) is 0 Å². The van der Waals surface area contributed by atoms with E-state index in [4.69, 9.17) is 0 Å². The largest absolute Gasteiger partial charge is 0.291 e. The third-order valence-corrected chi connectivity index (χ3v) is 3.17. The lowest BCUT2D eigenvalue weighted by Gasteiger charge is -2.19. The molecule has 2 heteroatoms. The molecule has 0 spiro atoms. The van der Waals surface area contributed by atoms with Crippen molar-refractivity contribution in [2.45, 2.75) is 44.9 Å². The first-order valence-electron chi connectivity index (χ1n) is 5.37. The van der Waals surface area contributed by atoms with Gasteiger partial charge >= 0.3 is 0 Å². The predicted molar refractivity (Wildman–Crippen MR) is 49.3 cm³/mol. The van der Waals surface area contributed by atoms with Gasteiger partial charge < -0.3 is 0 Å².